The molecule has 1 amide bonds. The highest BCUT2D eigenvalue weighted by Gasteiger charge is 2.40. The first-order valence-electron chi connectivity index (χ1n) is 17.6. The molecule has 4 aliphatic rings. The molecule has 4 fully saturated rings. The molecule has 2 aliphatic heterocycles. The molecule has 3 atom stereocenters. The number of nitrogens with zero attached hydrogens (tertiary/aromatic N) is 4. The Morgan fingerprint density at radius 3 is 2.24 bits per heavy atom. The molecule has 2 bridgehead atoms. The van der Waals surface area contributed by atoms with E-state index in [0.29, 0.717) is 16.9 Å². The van der Waals surface area contributed by atoms with Crippen LogP contribution >= 0.6 is 0 Å². The van der Waals surface area contributed by atoms with E-state index in [9.17, 15) is 9.59 Å². The Morgan fingerprint density at radius 2 is 1.56 bits per heavy atom. The van der Waals surface area contributed by atoms with Crippen molar-refractivity contribution in [1.29, 1.82) is 0 Å². The standard InChI is InChI=1S/C25H32N4O2.C13H25N/c30-20-23-6-4-21(5-7-23)17-27-13-2-14-29(16-15-27)25(31)24-3-1-12-28(19-24)18-22-8-10-26-11-9-22;1-10-4-11-6-12(5-10)8-13(2,7-11)9-14-3/h4-11,20,24H,1-3,12-19H2;10-12,14H,4-9H2,1-3H3. The molecule has 2 saturated carbocycles. The van der Waals surface area contributed by atoms with Gasteiger partial charge in [-0.2, -0.15) is 0 Å². The molecule has 2 aliphatic carbocycles. The second kappa shape index (κ2) is 16.3. The van der Waals surface area contributed by atoms with Gasteiger partial charge in [0.05, 0.1) is 5.92 Å². The largest absolute Gasteiger partial charge is 0.341 e. The third-order valence-electron chi connectivity index (χ3n) is 10.7. The zero-order valence-corrected chi connectivity index (χ0v) is 28.1. The van der Waals surface area contributed by atoms with Crippen LogP contribution < -0.4 is 5.32 Å². The molecule has 1 aromatic carbocycles. The van der Waals surface area contributed by atoms with Gasteiger partial charge in [0.15, 0.2) is 0 Å². The van der Waals surface area contributed by atoms with Crippen molar-refractivity contribution >= 4 is 12.2 Å². The molecule has 3 heterocycles. The number of carbonyl (C=O) groups is 2. The Labute approximate surface area is 272 Å². The van der Waals surface area contributed by atoms with Gasteiger partial charge >= 0.3 is 0 Å². The molecular weight excluding hydrogens is 558 g/mol. The summed E-state index contributed by atoms with van der Waals surface area (Å²) in [5, 5.41) is 3.38. The van der Waals surface area contributed by atoms with Crippen LogP contribution in [0.15, 0.2) is 48.8 Å². The minimum absolute atomic E-state index is 0.109. The second-order valence-electron chi connectivity index (χ2n) is 15.0. The van der Waals surface area contributed by atoms with E-state index >= 15 is 0 Å². The van der Waals surface area contributed by atoms with Crippen LogP contribution in [-0.4, -0.2) is 84.7 Å². The summed E-state index contributed by atoms with van der Waals surface area (Å²) in [6, 6.07) is 11.9. The fourth-order valence-corrected chi connectivity index (χ4v) is 8.99. The Morgan fingerprint density at radius 1 is 0.889 bits per heavy atom. The summed E-state index contributed by atoms with van der Waals surface area (Å²) in [6.45, 7) is 13.4. The summed E-state index contributed by atoms with van der Waals surface area (Å²) in [4.78, 5) is 35.1. The van der Waals surface area contributed by atoms with Crippen LogP contribution in [0.5, 0.6) is 0 Å². The summed E-state index contributed by atoms with van der Waals surface area (Å²) >= 11 is 0. The van der Waals surface area contributed by atoms with Crippen LogP contribution in [0.2, 0.25) is 0 Å². The number of fused-ring (bicyclic) bond motifs is 2. The first kappa shape index (κ1) is 33.7. The highest BCUT2D eigenvalue weighted by Crippen LogP contribution is 2.49. The van der Waals surface area contributed by atoms with E-state index in [2.05, 4.69) is 58.0 Å². The Balaban J connectivity index is 0.000000238. The van der Waals surface area contributed by atoms with Gasteiger partial charge < -0.3 is 10.2 Å². The number of benzene rings is 1. The predicted octanol–water partition coefficient (Wildman–Crippen LogP) is 5.90. The topological polar surface area (TPSA) is 68.8 Å². The van der Waals surface area contributed by atoms with E-state index < -0.39 is 0 Å². The van der Waals surface area contributed by atoms with E-state index in [4.69, 9.17) is 0 Å². The summed E-state index contributed by atoms with van der Waals surface area (Å²) in [6.07, 6.45) is 15.1. The number of hydrogen-bond donors (Lipinski definition) is 1. The summed E-state index contributed by atoms with van der Waals surface area (Å²) in [7, 11) is 2.10. The van der Waals surface area contributed by atoms with Gasteiger partial charge in [-0.1, -0.05) is 38.1 Å². The quantitative estimate of drug-likeness (QED) is 0.373. The van der Waals surface area contributed by atoms with Crippen LogP contribution in [0.25, 0.3) is 0 Å². The maximum absolute atomic E-state index is 13.3. The van der Waals surface area contributed by atoms with Gasteiger partial charge in [0.2, 0.25) is 5.91 Å². The molecule has 0 spiro atoms. The normalized spacial score (nSPS) is 29.3. The van der Waals surface area contributed by atoms with Crippen molar-refractivity contribution in [2.24, 2.45) is 29.1 Å². The summed E-state index contributed by atoms with van der Waals surface area (Å²) in [5.41, 5.74) is 3.78. The number of aldehydes is 1. The number of aromatic nitrogens is 1. The lowest BCUT2D eigenvalue weighted by atomic mass is 9.59. The first-order valence-corrected chi connectivity index (χ1v) is 17.6. The predicted molar refractivity (Wildman–Crippen MR) is 182 cm³/mol. The van der Waals surface area contributed by atoms with Crippen molar-refractivity contribution in [2.75, 3.05) is 52.9 Å². The van der Waals surface area contributed by atoms with Crippen LogP contribution in [0.3, 0.4) is 0 Å². The lowest BCUT2D eigenvalue weighted by molar-refractivity contribution is -0.137. The Hall–Kier alpha value is -2.61. The van der Waals surface area contributed by atoms with Crippen molar-refractivity contribution < 1.29 is 9.59 Å². The van der Waals surface area contributed by atoms with Gasteiger partial charge in [-0.05, 0) is 111 Å². The van der Waals surface area contributed by atoms with Crippen LogP contribution in [0, 0.1) is 29.1 Å². The number of pyridine rings is 1. The van der Waals surface area contributed by atoms with Crippen molar-refractivity contribution in [3.63, 3.8) is 0 Å². The number of hydrogen-bond acceptors (Lipinski definition) is 6. The fraction of sp³-hybridized carbons (Fsp3) is 0.658. The maximum Gasteiger partial charge on any atom is 0.227 e. The number of carbonyl (C=O) groups excluding carboxylic acids is 2. The Bertz CT molecular complexity index is 1190. The first-order chi connectivity index (χ1) is 21.8. The molecule has 2 saturated heterocycles. The van der Waals surface area contributed by atoms with Gasteiger partial charge in [-0.3, -0.25) is 24.4 Å². The minimum atomic E-state index is 0.109. The second-order valence-corrected chi connectivity index (χ2v) is 15.0. The molecule has 1 N–H and O–H groups in total. The molecule has 7 heteroatoms. The Kier molecular flexibility index (Phi) is 12.2. The average molecular weight is 616 g/mol. The lowest BCUT2D eigenvalue weighted by Gasteiger charge is -2.47. The molecular formula is C38H57N5O2. The van der Waals surface area contributed by atoms with Crippen LogP contribution in [0.1, 0.15) is 86.7 Å². The molecule has 3 unspecified atom stereocenters. The number of nitrogens with one attached hydrogen (secondary N) is 1. The fourth-order valence-electron chi connectivity index (χ4n) is 8.99. The van der Waals surface area contributed by atoms with Gasteiger partial charge in [-0.15, -0.1) is 0 Å². The molecule has 1 aromatic heterocycles. The highest BCUT2D eigenvalue weighted by molar-refractivity contribution is 5.79. The van der Waals surface area contributed by atoms with Crippen LogP contribution in [-0.2, 0) is 17.9 Å². The number of rotatable bonds is 8. The van der Waals surface area contributed by atoms with E-state index in [1.165, 1.54) is 49.8 Å². The van der Waals surface area contributed by atoms with Crippen molar-refractivity contribution in [1.82, 2.24) is 25.0 Å². The summed E-state index contributed by atoms with van der Waals surface area (Å²) < 4.78 is 0. The maximum atomic E-state index is 13.3. The van der Waals surface area contributed by atoms with Crippen LogP contribution in [0.4, 0.5) is 0 Å². The molecule has 2 aromatic rings. The molecule has 246 valence electrons. The molecule has 6 rings (SSSR count). The smallest absolute Gasteiger partial charge is 0.227 e. The average Bonchev–Trinajstić information content (AvgIpc) is 3.27. The zero-order chi connectivity index (χ0) is 31.6. The highest BCUT2D eigenvalue weighted by atomic mass is 16.2. The molecule has 7 nitrogen and oxygen atoms in total. The number of likely N-dealkylation sites (tertiary alicyclic amines) is 1. The van der Waals surface area contributed by atoms with Gasteiger partial charge in [0, 0.05) is 70.3 Å². The van der Waals surface area contributed by atoms with Crippen molar-refractivity contribution in [3.8, 4) is 0 Å². The van der Waals surface area contributed by atoms with E-state index in [0.717, 1.165) is 95.7 Å². The van der Waals surface area contributed by atoms with Gasteiger partial charge in [0.25, 0.3) is 0 Å². The van der Waals surface area contributed by atoms with Gasteiger partial charge in [-0.25, -0.2) is 0 Å². The zero-order valence-electron chi connectivity index (χ0n) is 28.1. The SMILES string of the molecule is CNCC1(C)CC2CC(C)CC(C2)C1.O=Cc1ccc(CN2CCCN(C(=O)C3CCCN(Cc4ccncc4)C3)CC2)cc1. The summed E-state index contributed by atoms with van der Waals surface area (Å²) in [5.74, 6) is 3.51. The molecule has 45 heavy (non-hydrogen) atoms. The van der Waals surface area contributed by atoms with Gasteiger partial charge in [0.1, 0.15) is 6.29 Å². The van der Waals surface area contributed by atoms with Crippen molar-refractivity contribution in [2.45, 2.75) is 78.3 Å². The monoisotopic (exact) mass is 615 g/mol. The minimum Gasteiger partial charge on any atom is -0.341 e. The van der Waals surface area contributed by atoms with E-state index in [-0.39, 0.29) is 5.92 Å². The van der Waals surface area contributed by atoms with E-state index in [1.54, 1.807) is 0 Å². The number of amides is 1. The third kappa shape index (κ3) is 9.94. The van der Waals surface area contributed by atoms with E-state index in [1.807, 2.05) is 36.7 Å². The number of piperidine rings is 1. The lowest BCUT2D eigenvalue weighted by Crippen LogP contribution is -2.45. The van der Waals surface area contributed by atoms with Crippen molar-refractivity contribution in [3.05, 3.63) is 65.5 Å². The third-order valence-corrected chi connectivity index (χ3v) is 10.7. The molecule has 0 radical (unpaired) electrons.